The summed E-state index contributed by atoms with van der Waals surface area (Å²) in [5.41, 5.74) is -0.702. The van der Waals surface area contributed by atoms with Crippen molar-refractivity contribution in [3.8, 4) is 0 Å². The van der Waals surface area contributed by atoms with Gasteiger partial charge >= 0.3 is 0 Å². The lowest BCUT2D eigenvalue weighted by Gasteiger charge is -2.44. The fourth-order valence-electron chi connectivity index (χ4n) is 3.14. The number of carbonyl (C=O) groups excluding carboxylic acids is 2. The van der Waals surface area contributed by atoms with Crippen LogP contribution in [-0.4, -0.2) is 48.1 Å². The van der Waals surface area contributed by atoms with E-state index in [9.17, 15) is 9.59 Å². The summed E-state index contributed by atoms with van der Waals surface area (Å²) in [5, 5.41) is 3.00. The molecule has 0 aromatic heterocycles. The highest BCUT2D eigenvalue weighted by Crippen LogP contribution is 2.42. The predicted molar refractivity (Wildman–Crippen MR) is 80.8 cm³/mol. The van der Waals surface area contributed by atoms with Gasteiger partial charge in [0, 0.05) is 13.2 Å². The van der Waals surface area contributed by atoms with Gasteiger partial charge in [-0.1, -0.05) is 20.3 Å². The van der Waals surface area contributed by atoms with Gasteiger partial charge < -0.3 is 15.0 Å². The van der Waals surface area contributed by atoms with Crippen molar-refractivity contribution in [3.63, 3.8) is 0 Å². The minimum atomic E-state index is -0.702. The van der Waals surface area contributed by atoms with Crippen molar-refractivity contribution in [2.75, 3.05) is 19.8 Å². The number of nitrogens with one attached hydrogen (secondary N) is 1. The van der Waals surface area contributed by atoms with Crippen molar-refractivity contribution in [1.82, 2.24) is 10.2 Å². The molecular weight excluding hydrogens is 268 g/mol. The van der Waals surface area contributed by atoms with Crippen LogP contribution in [0.15, 0.2) is 0 Å². The molecule has 2 atom stereocenters. The van der Waals surface area contributed by atoms with Crippen LogP contribution >= 0.6 is 0 Å². The zero-order valence-corrected chi connectivity index (χ0v) is 13.5. The zero-order valence-electron chi connectivity index (χ0n) is 13.5. The van der Waals surface area contributed by atoms with Gasteiger partial charge in [-0.3, -0.25) is 9.59 Å². The molecule has 0 aromatic carbocycles. The molecule has 1 aliphatic heterocycles. The first kappa shape index (κ1) is 16.3. The first-order valence-corrected chi connectivity index (χ1v) is 8.25. The third-order valence-electron chi connectivity index (χ3n) is 4.55. The maximum Gasteiger partial charge on any atom is 0.249 e. The van der Waals surface area contributed by atoms with Crippen molar-refractivity contribution >= 4 is 11.8 Å². The van der Waals surface area contributed by atoms with Crippen molar-refractivity contribution in [2.45, 2.75) is 64.5 Å². The molecule has 0 spiro atoms. The molecule has 0 radical (unpaired) electrons. The lowest BCUT2D eigenvalue weighted by molar-refractivity contribution is -0.156. The van der Waals surface area contributed by atoms with Gasteiger partial charge in [-0.05, 0) is 38.5 Å². The van der Waals surface area contributed by atoms with Gasteiger partial charge in [0.15, 0.2) is 0 Å². The molecule has 2 rings (SSSR count). The Hall–Kier alpha value is -1.10. The Bertz CT molecular complexity index is 395. The number of hydrogen-bond donors (Lipinski definition) is 1. The second-order valence-corrected chi connectivity index (χ2v) is 6.38. The summed E-state index contributed by atoms with van der Waals surface area (Å²) in [4.78, 5) is 27.1. The van der Waals surface area contributed by atoms with Crippen LogP contribution in [-0.2, 0) is 14.3 Å². The van der Waals surface area contributed by atoms with Gasteiger partial charge in [-0.15, -0.1) is 0 Å². The van der Waals surface area contributed by atoms with Gasteiger partial charge in [-0.25, -0.2) is 0 Å². The Labute approximate surface area is 127 Å². The molecule has 2 aliphatic rings. The highest BCUT2D eigenvalue weighted by molar-refractivity contribution is 6.00. The van der Waals surface area contributed by atoms with E-state index in [1.165, 1.54) is 0 Å². The normalized spacial score (nSPS) is 29.7. The van der Waals surface area contributed by atoms with E-state index in [4.69, 9.17) is 4.74 Å². The zero-order chi connectivity index (χ0) is 15.5. The van der Waals surface area contributed by atoms with Crippen LogP contribution in [0.2, 0.25) is 0 Å². The van der Waals surface area contributed by atoms with Gasteiger partial charge in [0.05, 0.1) is 6.61 Å². The van der Waals surface area contributed by atoms with Crippen molar-refractivity contribution in [3.05, 3.63) is 0 Å². The molecule has 1 saturated carbocycles. The Morgan fingerprint density at radius 2 is 1.95 bits per heavy atom. The fraction of sp³-hybridized carbons (Fsp3) is 0.875. The first-order valence-electron chi connectivity index (χ1n) is 8.25. The number of rotatable bonds is 8. The smallest absolute Gasteiger partial charge is 0.249 e. The van der Waals surface area contributed by atoms with Crippen molar-refractivity contribution in [2.24, 2.45) is 5.92 Å². The lowest BCUT2D eigenvalue weighted by Crippen LogP contribution is -2.70. The van der Waals surface area contributed by atoms with Gasteiger partial charge in [0.2, 0.25) is 11.8 Å². The number of hydrogen-bond acceptors (Lipinski definition) is 3. The van der Waals surface area contributed by atoms with Gasteiger partial charge in [-0.2, -0.15) is 0 Å². The van der Waals surface area contributed by atoms with Crippen molar-refractivity contribution < 1.29 is 14.3 Å². The van der Waals surface area contributed by atoms with Gasteiger partial charge in [0.1, 0.15) is 11.6 Å². The van der Waals surface area contributed by atoms with E-state index in [-0.39, 0.29) is 17.9 Å². The standard InChI is InChI=1S/C16H28N2O3/c1-4-6-13-14(19)17-16(3,12-7-8-12)15(20)18(13)9-11-21-10-5-2/h12-13H,4-11H2,1-3H3,(H,17,19). The minimum Gasteiger partial charge on any atom is -0.380 e. The van der Waals surface area contributed by atoms with Crippen LogP contribution in [0.25, 0.3) is 0 Å². The summed E-state index contributed by atoms with van der Waals surface area (Å²) in [6.45, 7) is 7.70. The van der Waals surface area contributed by atoms with E-state index in [0.717, 1.165) is 25.7 Å². The average molecular weight is 296 g/mol. The Balaban J connectivity index is 2.08. The Kier molecular flexibility index (Phi) is 5.25. The molecule has 0 aromatic rings. The predicted octanol–water partition coefficient (Wildman–Crippen LogP) is 1.71. The molecule has 5 heteroatoms. The number of amides is 2. The fourth-order valence-corrected chi connectivity index (χ4v) is 3.14. The molecule has 5 nitrogen and oxygen atoms in total. The Morgan fingerprint density at radius 1 is 1.24 bits per heavy atom. The highest BCUT2D eigenvalue weighted by Gasteiger charge is 2.54. The monoisotopic (exact) mass is 296 g/mol. The minimum absolute atomic E-state index is 0.00124. The Morgan fingerprint density at radius 3 is 2.52 bits per heavy atom. The number of piperazine rings is 1. The third kappa shape index (κ3) is 3.39. The number of carbonyl (C=O) groups is 2. The quantitative estimate of drug-likeness (QED) is 0.694. The maximum absolute atomic E-state index is 12.9. The molecule has 2 amide bonds. The summed E-state index contributed by atoms with van der Waals surface area (Å²) in [5.74, 6) is 0.375. The topological polar surface area (TPSA) is 58.6 Å². The molecule has 2 unspecified atom stereocenters. The van der Waals surface area contributed by atoms with Crippen LogP contribution in [0.4, 0.5) is 0 Å². The van der Waals surface area contributed by atoms with E-state index >= 15 is 0 Å². The molecule has 120 valence electrons. The van der Waals surface area contributed by atoms with E-state index in [1.807, 2.05) is 13.8 Å². The molecule has 21 heavy (non-hydrogen) atoms. The molecular formula is C16H28N2O3. The van der Waals surface area contributed by atoms with Crippen LogP contribution in [0.5, 0.6) is 0 Å². The second kappa shape index (κ2) is 6.77. The first-order chi connectivity index (χ1) is 10.0. The molecule has 1 heterocycles. The van der Waals surface area contributed by atoms with E-state index in [0.29, 0.717) is 32.1 Å². The SMILES string of the molecule is CCCOCCN1C(=O)C(C)(C2CC2)NC(=O)C1CCC. The number of nitrogens with zero attached hydrogens (tertiary/aromatic N) is 1. The van der Waals surface area contributed by atoms with E-state index in [2.05, 4.69) is 12.2 Å². The summed E-state index contributed by atoms with van der Waals surface area (Å²) in [6, 6.07) is -0.334. The van der Waals surface area contributed by atoms with Crippen LogP contribution in [0, 0.1) is 5.92 Å². The van der Waals surface area contributed by atoms with Crippen LogP contribution in [0.3, 0.4) is 0 Å². The van der Waals surface area contributed by atoms with Gasteiger partial charge in [0.25, 0.3) is 0 Å². The third-order valence-corrected chi connectivity index (χ3v) is 4.55. The van der Waals surface area contributed by atoms with Crippen LogP contribution in [0.1, 0.15) is 52.9 Å². The highest BCUT2D eigenvalue weighted by atomic mass is 16.5. The van der Waals surface area contributed by atoms with Crippen LogP contribution < -0.4 is 5.32 Å². The summed E-state index contributed by atoms with van der Waals surface area (Å²) < 4.78 is 5.51. The lowest BCUT2D eigenvalue weighted by atomic mass is 9.88. The largest absolute Gasteiger partial charge is 0.380 e. The summed E-state index contributed by atoms with van der Waals surface area (Å²) in [6.07, 6.45) is 4.62. The second-order valence-electron chi connectivity index (χ2n) is 6.38. The number of ether oxygens (including phenoxy) is 1. The molecule has 2 fully saturated rings. The van der Waals surface area contributed by atoms with E-state index < -0.39 is 5.54 Å². The van der Waals surface area contributed by atoms with E-state index in [1.54, 1.807) is 4.90 Å². The molecule has 1 N–H and O–H groups in total. The summed E-state index contributed by atoms with van der Waals surface area (Å²) >= 11 is 0. The summed E-state index contributed by atoms with van der Waals surface area (Å²) in [7, 11) is 0. The maximum atomic E-state index is 12.9. The molecule has 0 bridgehead atoms. The molecule has 1 saturated heterocycles. The molecule has 1 aliphatic carbocycles. The average Bonchev–Trinajstić information content (AvgIpc) is 3.28. The van der Waals surface area contributed by atoms with Crippen molar-refractivity contribution in [1.29, 1.82) is 0 Å².